The first kappa shape index (κ1) is 31.4. The molecule has 1 aliphatic heterocycles. The van der Waals surface area contributed by atoms with E-state index < -0.39 is 47.8 Å². The smallest absolute Gasteiger partial charge is 0.405 e. The molecule has 11 heteroatoms. The molecule has 1 heterocycles. The minimum atomic E-state index is -1.03. The Kier molecular flexibility index (Phi) is 11.1. The van der Waals surface area contributed by atoms with Gasteiger partial charge in [0.1, 0.15) is 12.2 Å². The lowest BCUT2D eigenvalue weighted by Crippen LogP contribution is -2.35. The number of ether oxygens (including phenoxy) is 3. The maximum atomic E-state index is 13.3. The van der Waals surface area contributed by atoms with Crippen LogP contribution in [0, 0.1) is 11.8 Å². The molecular weight excluding hydrogens is 506 g/mol. The SMILES string of the molecule is COC1C[C@H](C)CC2=C(N)C(=O)C=C(NC(=O)/C(C)=C/C=C\C(OC)C(OC(N)=O)/C(C)=C/C(C)C1=O)C2=O. The van der Waals surface area contributed by atoms with E-state index in [2.05, 4.69) is 5.32 Å². The van der Waals surface area contributed by atoms with E-state index >= 15 is 0 Å². The maximum absolute atomic E-state index is 13.3. The molecule has 5 atom stereocenters. The fraction of sp³-hybridized carbons (Fsp3) is 0.464. The number of amides is 2. The van der Waals surface area contributed by atoms with Gasteiger partial charge in [-0.05, 0) is 38.2 Å². The van der Waals surface area contributed by atoms with Gasteiger partial charge in [0.15, 0.2) is 11.9 Å². The summed E-state index contributed by atoms with van der Waals surface area (Å²) in [5.74, 6) is -2.91. The van der Waals surface area contributed by atoms with Crippen molar-refractivity contribution in [2.45, 2.75) is 58.8 Å². The third kappa shape index (κ3) is 8.08. The molecule has 0 spiro atoms. The molecule has 0 aromatic rings. The second kappa shape index (κ2) is 13.8. The van der Waals surface area contributed by atoms with Gasteiger partial charge in [0, 0.05) is 37.4 Å². The summed E-state index contributed by atoms with van der Waals surface area (Å²) in [7, 11) is 2.82. The molecule has 0 aromatic heterocycles. The number of rotatable bonds is 3. The predicted molar refractivity (Wildman–Crippen MR) is 143 cm³/mol. The molecule has 0 saturated heterocycles. The summed E-state index contributed by atoms with van der Waals surface area (Å²) in [6.45, 7) is 6.70. The number of nitrogens with two attached hydrogens (primary N) is 2. The molecular formula is C28H37N3O8. The Morgan fingerprint density at radius 1 is 1.08 bits per heavy atom. The monoisotopic (exact) mass is 543 g/mol. The number of carbonyl (C=O) groups excluding carboxylic acids is 5. The topological polar surface area (TPSA) is 177 Å². The summed E-state index contributed by atoms with van der Waals surface area (Å²) in [5.41, 5.74) is 11.7. The standard InChI is InChI=1S/C28H37N3O8/c1-14-10-18-23(29)20(32)13-19(25(18)34)31-27(35)15(2)8-7-9-21(37-5)26(39-28(30)36)17(4)12-16(3)24(33)22(11-14)38-6/h7-9,12-14,16,21-22,26H,10-11,29H2,1-6H3,(H2,30,36)(H,31,35)/b9-7-,15-8+,17-12+/t14-,16?,21?,22?,26?/m1/s1. The minimum Gasteiger partial charge on any atom is -0.439 e. The van der Waals surface area contributed by atoms with Crippen molar-refractivity contribution in [2.24, 2.45) is 23.3 Å². The summed E-state index contributed by atoms with van der Waals surface area (Å²) in [5, 5.41) is 2.48. The van der Waals surface area contributed by atoms with Crippen LogP contribution in [0.1, 0.15) is 40.5 Å². The summed E-state index contributed by atoms with van der Waals surface area (Å²) >= 11 is 0. The molecule has 0 aromatic carbocycles. The van der Waals surface area contributed by atoms with E-state index in [9.17, 15) is 24.0 Å². The van der Waals surface area contributed by atoms with Gasteiger partial charge in [-0.25, -0.2) is 4.79 Å². The Hall–Kier alpha value is -3.83. The Bertz CT molecular complexity index is 1180. The second-order valence-corrected chi connectivity index (χ2v) is 9.76. The Balaban J connectivity index is 2.58. The molecule has 5 N–H and O–H groups in total. The van der Waals surface area contributed by atoms with Gasteiger partial charge in [0.05, 0.1) is 11.4 Å². The fourth-order valence-electron chi connectivity index (χ4n) is 4.45. The molecule has 2 bridgehead atoms. The minimum absolute atomic E-state index is 0.0743. The van der Waals surface area contributed by atoms with Crippen LogP contribution in [-0.2, 0) is 33.4 Å². The lowest BCUT2D eigenvalue weighted by atomic mass is 9.85. The summed E-state index contributed by atoms with van der Waals surface area (Å²) < 4.78 is 16.3. The van der Waals surface area contributed by atoms with Gasteiger partial charge in [0.2, 0.25) is 11.6 Å². The van der Waals surface area contributed by atoms with E-state index in [0.717, 1.165) is 6.08 Å². The third-order valence-electron chi connectivity index (χ3n) is 6.63. The lowest BCUT2D eigenvalue weighted by molar-refractivity contribution is -0.132. The highest BCUT2D eigenvalue weighted by molar-refractivity contribution is 6.23. The number of fused-ring (bicyclic) bond motifs is 2. The number of hydrogen-bond acceptors (Lipinski definition) is 9. The Morgan fingerprint density at radius 3 is 2.33 bits per heavy atom. The molecule has 2 amide bonds. The van der Waals surface area contributed by atoms with Gasteiger partial charge in [-0.2, -0.15) is 0 Å². The van der Waals surface area contributed by atoms with E-state index in [1.54, 1.807) is 32.9 Å². The molecule has 1 aliphatic carbocycles. The van der Waals surface area contributed by atoms with E-state index in [0.29, 0.717) is 5.57 Å². The van der Waals surface area contributed by atoms with Crippen molar-refractivity contribution < 1.29 is 38.2 Å². The van der Waals surface area contributed by atoms with Crippen molar-refractivity contribution in [3.05, 3.63) is 58.5 Å². The van der Waals surface area contributed by atoms with Crippen LogP contribution < -0.4 is 16.8 Å². The molecule has 4 unspecified atom stereocenters. The fourth-order valence-corrected chi connectivity index (χ4v) is 4.45. The third-order valence-corrected chi connectivity index (χ3v) is 6.63. The molecule has 0 fully saturated rings. The molecule has 212 valence electrons. The number of Topliss-reactive ketones (excluding diaryl/α,β-unsaturated/α-hetero) is 2. The molecule has 0 saturated carbocycles. The van der Waals surface area contributed by atoms with Crippen LogP contribution in [0.15, 0.2) is 58.5 Å². The highest BCUT2D eigenvalue weighted by Crippen LogP contribution is 2.27. The number of primary amides is 1. The maximum Gasteiger partial charge on any atom is 0.405 e. The van der Waals surface area contributed by atoms with Crippen molar-refractivity contribution >= 4 is 29.4 Å². The normalized spacial score (nSPS) is 31.4. The molecule has 2 aliphatic rings. The quantitative estimate of drug-likeness (QED) is 0.354. The van der Waals surface area contributed by atoms with Crippen molar-refractivity contribution in [2.75, 3.05) is 14.2 Å². The van der Waals surface area contributed by atoms with Crippen molar-refractivity contribution in [1.82, 2.24) is 5.32 Å². The Labute approximate surface area is 228 Å². The van der Waals surface area contributed by atoms with Crippen molar-refractivity contribution in [3.63, 3.8) is 0 Å². The number of methoxy groups -OCH3 is 2. The summed E-state index contributed by atoms with van der Waals surface area (Å²) in [6.07, 6.45) is 3.91. The van der Waals surface area contributed by atoms with Crippen LogP contribution in [0.4, 0.5) is 4.79 Å². The van der Waals surface area contributed by atoms with Gasteiger partial charge in [-0.15, -0.1) is 0 Å². The molecule has 0 radical (unpaired) electrons. The lowest BCUT2D eigenvalue weighted by Gasteiger charge is -2.26. The summed E-state index contributed by atoms with van der Waals surface area (Å²) in [4.78, 5) is 63.4. The largest absolute Gasteiger partial charge is 0.439 e. The highest BCUT2D eigenvalue weighted by atomic mass is 16.6. The van der Waals surface area contributed by atoms with Gasteiger partial charge in [0.25, 0.3) is 5.91 Å². The first-order chi connectivity index (χ1) is 18.3. The number of ketones is 3. The van der Waals surface area contributed by atoms with E-state index in [1.807, 2.05) is 0 Å². The van der Waals surface area contributed by atoms with E-state index in [4.69, 9.17) is 25.7 Å². The van der Waals surface area contributed by atoms with E-state index in [-0.39, 0.29) is 47.1 Å². The number of carbonyl (C=O) groups is 5. The van der Waals surface area contributed by atoms with Gasteiger partial charge < -0.3 is 31.0 Å². The van der Waals surface area contributed by atoms with Crippen LogP contribution in [-0.4, -0.2) is 61.9 Å². The van der Waals surface area contributed by atoms with Gasteiger partial charge in [-0.3, -0.25) is 19.2 Å². The molecule has 39 heavy (non-hydrogen) atoms. The average Bonchev–Trinajstić information content (AvgIpc) is 2.88. The predicted octanol–water partition coefficient (Wildman–Crippen LogP) is 1.93. The first-order valence-corrected chi connectivity index (χ1v) is 12.5. The van der Waals surface area contributed by atoms with Crippen molar-refractivity contribution in [3.8, 4) is 0 Å². The average molecular weight is 544 g/mol. The number of allylic oxidation sites excluding steroid dienone is 5. The molecule has 11 nitrogen and oxygen atoms in total. The Morgan fingerprint density at radius 2 is 1.74 bits per heavy atom. The first-order valence-electron chi connectivity index (χ1n) is 12.5. The van der Waals surface area contributed by atoms with Crippen LogP contribution >= 0.6 is 0 Å². The zero-order valence-corrected chi connectivity index (χ0v) is 23.1. The molecule has 2 rings (SSSR count). The van der Waals surface area contributed by atoms with Crippen LogP contribution in [0.2, 0.25) is 0 Å². The second-order valence-electron chi connectivity index (χ2n) is 9.76. The zero-order valence-electron chi connectivity index (χ0n) is 23.1. The van der Waals surface area contributed by atoms with Crippen LogP contribution in [0.3, 0.4) is 0 Å². The van der Waals surface area contributed by atoms with Crippen LogP contribution in [0.5, 0.6) is 0 Å². The van der Waals surface area contributed by atoms with Crippen LogP contribution in [0.25, 0.3) is 0 Å². The zero-order chi connectivity index (χ0) is 29.4. The highest BCUT2D eigenvalue weighted by Gasteiger charge is 2.32. The van der Waals surface area contributed by atoms with E-state index in [1.165, 1.54) is 33.3 Å². The van der Waals surface area contributed by atoms with Gasteiger partial charge >= 0.3 is 6.09 Å². The summed E-state index contributed by atoms with van der Waals surface area (Å²) in [6, 6.07) is 0. The van der Waals surface area contributed by atoms with Gasteiger partial charge in [-0.1, -0.05) is 38.2 Å². The number of hydrogen-bond donors (Lipinski definition) is 3. The number of nitrogens with one attached hydrogen (secondary N) is 1. The van der Waals surface area contributed by atoms with Crippen molar-refractivity contribution in [1.29, 1.82) is 0 Å².